The van der Waals surface area contributed by atoms with Crippen LogP contribution in [0, 0.1) is 6.92 Å². The van der Waals surface area contributed by atoms with Crippen LogP contribution in [0.2, 0.25) is 0 Å². The number of nitrogen functional groups attached to an aromatic ring is 1. The highest BCUT2D eigenvalue weighted by molar-refractivity contribution is 5.92. The molecule has 4 nitrogen and oxygen atoms in total. The molecule has 1 heterocycles. The predicted molar refractivity (Wildman–Crippen MR) is 65.8 cm³/mol. The van der Waals surface area contributed by atoms with Gasteiger partial charge in [0.2, 0.25) is 0 Å². The van der Waals surface area contributed by atoms with Crippen molar-refractivity contribution in [1.29, 1.82) is 0 Å². The molecule has 0 saturated heterocycles. The summed E-state index contributed by atoms with van der Waals surface area (Å²) < 4.78 is 0. The smallest absolute Gasteiger partial charge is 0.356 e. The van der Waals surface area contributed by atoms with E-state index in [4.69, 9.17) is 10.8 Å². The van der Waals surface area contributed by atoms with Crippen LogP contribution in [0.4, 0.5) is 5.69 Å². The molecule has 1 aromatic carbocycles. The van der Waals surface area contributed by atoms with Crippen LogP contribution in [0.25, 0.3) is 11.1 Å². The first-order chi connectivity index (χ1) is 8.08. The fourth-order valence-electron chi connectivity index (χ4n) is 1.56. The van der Waals surface area contributed by atoms with E-state index in [-0.39, 0.29) is 11.4 Å². The minimum absolute atomic E-state index is 0.110. The van der Waals surface area contributed by atoms with Gasteiger partial charge in [0.1, 0.15) is 0 Å². The summed E-state index contributed by atoms with van der Waals surface area (Å²) >= 11 is 0. The third-order valence-corrected chi connectivity index (χ3v) is 2.50. The van der Waals surface area contributed by atoms with Crippen molar-refractivity contribution in [2.75, 3.05) is 5.73 Å². The largest absolute Gasteiger partial charge is 0.476 e. The Hall–Kier alpha value is -2.36. The Morgan fingerprint density at radius 3 is 2.41 bits per heavy atom. The number of hydrogen-bond acceptors (Lipinski definition) is 3. The molecular weight excluding hydrogens is 216 g/mol. The first-order valence-electron chi connectivity index (χ1n) is 5.14. The zero-order valence-electron chi connectivity index (χ0n) is 9.34. The van der Waals surface area contributed by atoms with Crippen LogP contribution in [0.15, 0.2) is 36.5 Å². The molecule has 0 saturated carbocycles. The van der Waals surface area contributed by atoms with Gasteiger partial charge < -0.3 is 10.8 Å². The number of rotatable bonds is 2. The van der Waals surface area contributed by atoms with Crippen LogP contribution in [-0.2, 0) is 0 Å². The van der Waals surface area contributed by atoms with E-state index in [0.29, 0.717) is 0 Å². The van der Waals surface area contributed by atoms with Gasteiger partial charge in [0.25, 0.3) is 0 Å². The topological polar surface area (TPSA) is 76.2 Å². The van der Waals surface area contributed by atoms with E-state index in [2.05, 4.69) is 4.98 Å². The van der Waals surface area contributed by atoms with E-state index in [1.54, 1.807) is 6.07 Å². The van der Waals surface area contributed by atoms with Crippen molar-refractivity contribution in [3.63, 3.8) is 0 Å². The minimum Gasteiger partial charge on any atom is -0.476 e. The average molecular weight is 228 g/mol. The van der Waals surface area contributed by atoms with Crippen molar-refractivity contribution in [3.05, 3.63) is 47.8 Å². The molecule has 3 N–H and O–H groups in total. The summed E-state index contributed by atoms with van der Waals surface area (Å²) in [6, 6.07) is 9.49. The summed E-state index contributed by atoms with van der Waals surface area (Å²) in [5.74, 6) is -1.11. The highest BCUT2D eigenvalue weighted by Gasteiger charge is 2.10. The molecule has 2 rings (SSSR count). The molecule has 0 amide bonds. The Kier molecular flexibility index (Phi) is 2.78. The van der Waals surface area contributed by atoms with Gasteiger partial charge in [0, 0.05) is 11.8 Å². The number of hydrogen-bond donors (Lipinski definition) is 2. The highest BCUT2D eigenvalue weighted by Crippen LogP contribution is 2.22. The molecule has 0 unspecified atom stereocenters. The van der Waals surface area contributed by atoms with Crippen LogP contribution in [0.5, 0.6) is 0 Å². The van der Waals surface area contributed by atoms with Crippen LogP contribution in [0.1, 0.15) is 16.1 Å². The SMILES string of the molecule is Cc1ccc(-c2cnc(C(=O)O)c(N)c2)cc1. The van der Waals surface area contributed by atoms with Crippen molar-refractivity contribution >= 4 is 11.7 Å². The van der Waals surface area contributed by atoms with Crippen LogP contribution in [-0.4, -0.2) is 16.1 Å². The summed E-state index contributed by atoms with van der Waals surface area (Å²) in [4.78, 5) is 14.6. The maximum Gasteiger partial charge on any atom is 0.356 e. The predicted octanol–water partition coefficient (Wildman–Crippen LogP) is 2.34. The van der Waals surface area contributed by atoms with E-state index in [1.165, 1.54) is 6.20 Å². The molecule has 0 bridgehead atoms. The van der Waals surface area contributed by atoms with Crippen molar-refractivity contribution in [2.24, 2.45) is 0 Å². The molecule has 0 aliphatic carbocycles. The number of aromatic carboxylic acids is 1. The van der Waals surface area contributed by atoms with Gasteiger partial charge in [-0.05, 0) is 18.6 Å². The van der Waals surface area contributed by atoms with Crippen molar-refractivity contribution in [1.82, 2.24) is 4.98 Å². The lowest BCUT2D eigenvalue weighted by molar-refractivity contribution is 0.0692. The second-order valence-corrected chi connectivity index (χ2v) is 3.83. The third-order valence-electron chi connectivity index (χ3n) is 2.50. The molecule has 17 heavy (non-hydrogen) atoms. The molecule has 0 aliphatic rings. The van der Waals surface area contributed by atoms with Gasteiger partial charge in [-0.25, -0.2) is 9.78 Å². The standard InChI is InChI=1S/C13H12N2O2/c1-8-2-4-9(5-3-8)10-6-11(14)12(13(16)17)15-7-10/h2-7H,14H2,1H3,(H,16,17). The van der Waals surface area contributed by atoms with Gasteiger partial charge in [0.05, 0.1) is 5.69 Å². The van der Waals surface area contributed by atoms with Gasteiger partial charge in [-0.15, -0.1) is 0 Å². The lowest BCUT2D eigenvalue weighted by Crippen LogP contribution is -2.05. The number of aryl methyl sites for hydroxylation is 1. The quantitative estimate of drug-likeness (QED) is 0.827. The lowest BCUT2D eigenvalue weighted by atomic mass is 10.1. The Morgan fingerprint density at radius 1 is 1.24 bits per heavy atom. The fourth-order valence-corrected chi connectivity index (χ4v) is 1.56. The number of nitrogens with zero attached hydrogens (tertiary/aromatic N) is 1. The number of carboxylic acids is 1. The summed E-state index contributed by atoms with van der Waals surface area (Å²) in [5, 5.41) is 8.82. The summed E-state index contributed by atoms with van der Waals surface area (Å²) in [6.45, 7) is 2.00. The number of aromatic nitrogens is 1. The lowest BCUT2D eigenvalue weighted by Gasteiger charge is -2.05. The van der Waals surface area contributed by atoms with Crippen LogP contribution in [0.3, 0.4) is 0 Å². The van der Waals surface area contributed by atoms with E-state index in [1.807, 2.05) is 31.2 Å². The molecule has 0 atom stereocenters. The number of benzene rings is 1. The van der Waals surface area contributed by atoms with Crippen molar-refractivity contribution in [2.45, 2.75) is 6.92 Å². The zero-order valence-corrected chi connectivity index (χ0v) is 9.34. The first-order valence-corrected chi connectivity index (χ1v) is 5.14. The van der Waals surface area contributed by atoms with Gasteiger partial charge in [-0.3, -0.25) is 0 Å². The number of carboxylic acid groups (broad SMARTS) is 1. The van der Waals surface area contributed by atoms with Crippen molar-refractivity contribution in [3.8, 4) is 11.1 Å². The Labute approximate surface area is 98.7 Å². The van der Waals surface area contributed by atoms with Gasteiger partial charge >= 0.3 is 5.97 Å². The zero-order chi connectivity index (χ0) is 12.4. The van der Waals surface area contributed by atoms with Gasteiger partial charge in [0.15, 0.2) is 5.69 Å². The highest BCUT2D eigenvalue weighted by atomic mass is 16.4. The third kappa shape index (κ3) is 2.25. The van der Waals surface area contributed by atoms with E-state index in [9.17, 15) is 4.79 Å². The monoisotopic (exact) mass is 228 g/mol. The molecule has 86 valence electrons. The van der Waals surface area contributed by atoms with E-state index < -0.39 is 5.97 Å². The average Bonchev–Trinajstić information content (AvgIpc) is 2.29. The summed E-state index contributed by atoms with van der Waals surface area (Å²) in [7, 11) is 0. The molecule has 0 spiro atoms. The first kappa shape index (κ1) is 11.1. The molecule has 2 aromatic rings. The molecule has 0 radical (unpaired) electrons. The Morgan fingerprint density at radius 2 is 1.88 bits per heavy atom. The van der Waals surface area contributed by atoms with E-state index in [0.717, 1.165) is 16.7 Å². The van der Waals surface area contributed by atoms with Crippen molar-refractivity contribution < 1.29 is 9.90 Å². The molecule has 0 fully saturated rings. The maximum atomic E-state index is 10.8. The second kappa shape index (κ2) is 4.25. The van der Waals surface area contributed by atoms with Crippen LogP contribution >= 0.6 is 0 Å². The van der Waals surface area contributed by atoms with Crippen LogP contribution < -0.4 is 5.73 Å². The normalized spacial score (nSPS) is 10.2. The minimum atomic E-state index is -1.11. The summed E-state index contributed by atoms with van der Waals surface area (Å²) in [6.07, 6.45) is 1.52. The number of pyridine rings is 1. The fraction of sp³-hybridized carbons (Fsp3) is 0.0769. The molecule has 0 aliphatic heterocycles. The van der Waals surface area contributed by atoms with E-state index >= 15 is 0 Å². The van der Waals surface area contributed by atoms with Gasteiger partial charge in [-0.1, -0.05) is 29.8 Å². The second-order valence-electron chi connectivity index (χ2n) is 3.83. The number of nitrogens with two attached hydrogens (primary N) is 1. The van der Waals surface area contributed by atoms with Gasteiger partial charge in [-0.2, -0.15) is 0 Å². The molecule has 4 heteroatoms. The maximum absolute atomic E-state index is 10.8. The number of carbonyl (C=O) groups is 1. The number of anilines is 1. The Bertz CT molecular complexity index is 562. The Balaban J connectivity index is 2.44. The molecule has 1 aromatic heterocycles. The summed E-state index contributed by atoms with van der Waals surface area (Å²) in [5.41, 5.74) is 8.65. The molecular formula is C13H12N2O2.